The van der Waals surface area contributed by atoms with Crippen molar-refractivity contribution in [3.8, 4) is 11.8 Å². The Labute approximate surface area is 92.6 Å². The van der Waals surface area contributed by atoms with E-state index >= 15 is 0 Å². The maximum Gasteiger partial charge on any atom is 0.0602 e. The quantitative estimate of drug-likeness (QED) is 0.626. The molecule has 0 amide bonds. The molecule has 2 aliphatic rings. The van der Waals surface area contributed by atoms with Gasteiger partial charge in [-0.05, 0) is 19.4 Å². The van der Waals surface area contributed by atoms with Crippen LogP contribution in [-0.2, 0) is 0 Å². The van der Waals surface area contributed by atoms with E-state index in [2.05, 4.69) is 27.4 Å². The molecule has 3 nitrogen and oxygen atoms in total. The molecule has 0 bridgehead atoms. The molecule has 2 rings (SSSR count). The molecule has 0 aromatic heterocycles. The van der Waals surface area contributed by atoms with Crippen LogP contribution < -0.4 is 10.6 Å². The van der Waals surface area contributed by atoms with Crippen LogP contribution >= 0.6 is 0 Å². The van der Waals surface area contributed by atoms with Crippen LogP contribution in [0, 0.1) is 11.8 Å². The van der Waals surface area contributed by atoms with Gasteiger partial charge in [-0.3, -0.25) is 4.90 Å². The van der Waals surface area contributed by atoms with Crippen LogP contribution in [0.4, 0.5) is 0 Å². The van der Waals surface area contributed by atoms with E-state index in [-0.39, 0.29) is 0 Å². The van der Waals surface area contributed by atoms with E-state index < -0.39 is 0 Å². The first-order valence-electron chi connectivity index (χ1n) is 6.07. The van der Waals surface area contributed by atoms with E-state index in [1.807, 2.05) is 0 Å². The Balaban J connectivity index is 1.61. The maximum atomic E-state index is 3.47. The first-order valence-corrected chi connectivity index (χ1v) is 6.07. The lowest BCUT2D eigenvalue weighted by Gasteiger charge is -2.24. The number of nitrogens with one attached hydrogen (secondary N) is 2. The fourth-order valence-electron chi connectivity index (χ4n) is 2.16. The Morgan fingerprint density at radius 1 is 1.13 bits per heavy atom. The summed E-state index contributed by atoms with van der Waals surface area (Å²) in [6.45, 7) is 6.67. The van der Waals surface area contributed by atoms with Gasteiger partial charge in [0.1, 0.15) is 0 Å². The Bertz CT molecular complexity index is 229. The predicted molar refractivity (Wildman–Crippen MR) is 62.7 cm³/mol. The SMILES string of the molecule is C(#CCN1CCNCC1)CC1CCCN1. The molecule has 0 spiro atoms. The molecule has 84 valence electrons. The van der Waals surface area contributed by atoms with Gasteiger partial charge < -0.3 is 10.6 Å². The van der Waals surface area contributed by atoms with Gasteiger partial charge in [0.2, 0.25) is 0 Å². The zero-order valence-corrected chi connectivity index (χ0v) is 9.39. The number of hydrogen-bond acceptors (Lipinski definition) is 3. The molecular weight excluding hydrogens is 186 g/mol. The zero-order valence-electron chi connectivity index (χ0n) is 9.39. The molecule has 0 aliphatic carbocycles. The highest BCUT2D eigenvalue weighted by Crippen LogP contribution is 2.07. The summed E-state index contributed by atoms with van der Waals surface area (Å²) in [7, 11) is 0. The van der Waals surface area contributed by atoms with Crippen molar-refractivity contribution in [2.45, 2.75) is 25.3 Å². The first-order chi connectivity index (χ1) is 7.45. The number of piperazine rings is 1. The summed E-state index contributed by atoms with van der Waals surface area (Å²) >= 11 is 0. The number of nitrogens with zero attached hydrogens (tertiary/aromatic N) is 1. The lowest BCUT2D eigenvalue weighted by molar-refractivity contribution is 0.268. The normalized spacial score (nSPS) is 27.3. The topological polar surface area (TPSA) is 27.3 Å². The highest BCUT2D eigenvalue weighted by Gasteiger charge is 2.11. The Morgan fingerprint density at radius 3 is 2.73 bits per heavy atom. The minimum Gasteiger partial charge on any atom is -0.314 e. The molecule has 2 fully saturated rings. The van der Waals surface area contributed by atoms with Gasteiger partial charge in [-0.15, -0.1) is 5.92 Å². The van der Waals surface area contributed by atoms with Gasteiger partial charge in [-0.2, -0.15) is 0 Å². The second-order valence-electron chi connectivity index (χ2n) is 4.38. The molecule has 0 radical (unpaired) electrons. The van der Waals surface area contributed by atoms with Gasteiger partial charge in [0, 0.05) is 38.6 Å². The second kappa shape index (κ2) is 6.12. The third-order valence-electron chi connectivity index (χ3n) is 3.15. The molecular formula is C12H21N3. The van der Waals surface area contributed by atoms with E-state index in [0.29, 0.717) is 6.04 Å². The molecule has 0 aromatic carbocycles. The largest absolute Gasteiger partial charge is 0.314 e. The van der Waals surface area contributed by atoms with Gasteiger partial charge in [0.25, 0.3) is 0 Å². The van der Waals surface area contributed by atoms with Crippen LogP contribution in [0.25, 0.3) is 0 Å². The lowest BCUT2D eigenvalue weighted by atomic mass is 10.2. The lowest BCUT2D eigenvalue weighted by Crippen LogP contribution is -2.43. The van der Waals surface area contributed by atoms with Gasteiger partial charge >= 0.3 is 0 Å². The van der Waals surface area contributed by atoms with Crippen molar-refractivity contribution in [1.29, 1.82) is 0 Å². The molecule has 3 heteroatoms. The van der Waals surface area contributed by atoms with Crippen LogP contribution in [0.15, 0.2) is 0 Å². The molecule has 2 N–H and O–H groups in total. The van der Waals surface area contributed by atoms with E-state index in [1.54, 1.807) is 0 Å². The van der Waals surface area contributed by atoms with Crippen molar-refractivity contribution in [1.82, 2.24) is 15.5 Å². The van der Waals surface area contributed by atoms with Crippen LogP contribution in [-0.4, -0.2) is 50.2 Å². The summed E-state index contributed by atoms with van der Waals surface area (Å²) in [6, 6.07) is 0.667. The summed E-state index contributed by atoms with van der Waals surface area (Å²) in [5.74, 6) is 6.59. The van der Waals surface area contributed by atoms with Gasteiger partial charge in [0.05, 0.1) is 6.54 Å². The highest BCUT2D eigenvalue weighted by molar-refractivity contribution is 5.04. The molecule has 2 aliphatic heterocycles. The standard InChI is InChI=1S/C12H21N3/c1(4-12-5-3-6-14-12)2-9-15-10-7-13-8-11-15/h12-14H,3-11H2. The number of hydrogen-bond donors (Lipinski definition) is 2. The van der Waals surface area contributed by atoms with Crippen LogP contribution in [0.3, 0.4) is 0 Å². The Hall–Kier alpha value is -0.560. The van der Waals surface area contributed by atoms with E-state index in [4.69, 9.17) is 0 Å². The summed E-state index contributed by atoms with van der Waals surface area (Å²) in [5, 5.41) is 6.82. The van der Waals surface area contributed by atoms with Crippen LogP contribution in [0.5, 0.6) is 0 Å². The fraction of sp³-hybridized carbons (Fsp3) is 0.833. The third kappa shape index (κ3) is 3.83. The van der Waals surface area contributed by atoms with E-state index in [9.17, 15) is 0 Å². The van der Waals surface area contributed by atoms with E-state index in [1.165, 1.54) is 19.4 Å². The van der Waals surface area contributed by atoms with Gasteiger partial charge in [0.15, 0.2) is 0 Å². The van der Waals surface area contributed by atoms with E-state index in [0.717, 1.165) is 39.1 Å². The second-order valence-corrected chi connectivity index (χ2v) is 4.38. The minimum absolute atomic E-state index is 0.667. The minimum atomic E-state index is 0.667. The van der Waals surface area contributed by atoms with Crippen molar-refractivity contribution in [2.75, 3.05) is 39.3 Å². The summed E-state index contributed by atoms with van der Waals surface area (Å²) in [5.41, 5.74) is 0. The first kappa shape index (κ1) is 10.9. The Morgan fingerprint density at radius 2 is 2.00 bits per heavy atom. The predicted octanol–water partition coefficient (Wildman–Crippen LogP) is 0.0371. The van der Waals surface area contributed by atoms with Crippen LogP contribution in [0.2, 0.25) is 0 Å². The van der Waals surface area contributed by atoms with Gasteiger partial charge in [-0.1, -0.05) is 5.92 Å². The highest BCUT2D eigenvalue weighted by atomic mass is 15.2. The molecule has 1 unspecified atom stereocenters. The fourth-order valence-corrected chi connectivity index (χ4v) is 2.16. The van der Waals surface area contributed by atoms with Crippen molar-refractivity contribution in [2.24, 2.45) is 0 Å². The summed E-state index contributed by atoms with van der Waals surface area (Å²) < 4.78 is 0. The molecule has 15 heavy (non-hydrogen) atoms. The molecule has 2 heterocycles. The molecule has 2 saturated heterocycles. The molecule has 0 aromatic rings. The molecule has 0 saturated carbocycles. The monoisotopic (exact) mass is 207 g/mol. The van der Waals surface area contributed by atoms with Gasteiger partial charge in [-0.25, -0.2) is 0 Å². The smallest absolute Gasteiger partial charge is 0.0602 e. The summed E-state index contributed by atoms with van der Waals surface area (Å²) in [4.78, 5) is 2.42. The summed E-state index contributed by atoms with van der Waals surface area (Å²) in [6.07, 6.45) is 3.67. The maximum absolute atomic E-state index is 3.47. The van der Waals surface area contributed by atoms with Crippen molar-refractivity contribution in [3.63, 3.8) is 0 Å². The Kier molecular flexibility index (Phi) is 4.46. The number of rotatable bonds is 2. The average molecular weight is 207 g/mol. The molecule has 1 atom stereocenters. The zero-order chi connectivity index (χ0) is 10.3. The van der Waals surface area contributed by atoms with Crippen molar-refractivity contribution < 1.29 is 0 Å². The van der Waals surface area contributed by atoms with Crippen molar-refractivity contribution in [3.05, 3.63) is 0 Å². The third-order valence-corrected chi connectivity index (χ3v) is 3.15. The van der Waals surface area contributed by atoms with Crippen molar-refractivity contribution >= 4 is 0 Å². The van der Waals surface area contributed by atoms with Crippen LogP contribution in [0.1, 0.15) is 19.3 Å². The average Bonchev–Trinajstić information content (AvgIpc) is 2.79.